The number of pyridine rings is 1. The molecule has 1 amide bonds. The van der Waals surface area contributed by atoms with E-state index in [0.717, 1.165) is 55.1 Å². The molecule has 0 spiro atoms. The number of amides is 1. The predicted octanol–water partition coefficient (Wildman–Crippen LogP) is 5.33. The molecule has 2 aromatic heterocycles. The van der Waals surface area contributed by atoms with Gasteiger partial charge in [-0.05, 0) is 62.0 Å². The molecule has 9 nitrogen and oxygen atoms in total. The van der Waals surface area contributed by atoms with Crippen LogP contribution in [-0.4, -0.2) is 44.4 Å². The third-order valence-corrected chi connectivity index (χ3v) is 8.22. The molecule has 2 saturated carbocycles. The lowest BCUT2D eigenvalue weighted by Gasteiger charge is -2.30. The van der Waals surface area contributed by atoms with Crippen LogP contribution >= 0.6 is 0 Å². The van der Waals surface area contributed by atoms with Gasteiger partial charge in [-0.15, -0.1) is 0 Å². The quantitative estimate of drug-likeness (QED) is 0.222. The van der Waals surface area contributed by atoms with E-state index in [2.05, 4.69) is 33.9 Å². The summed E-state index contributed by atoms with van der Waals surface area (Å²) in [4.78, 5) is 34.6. The summed E-state index contributed by atoms with van der Waals surface area (Å²) in [6.07, 6.45) is 12.1. The maximum Gasteiger partial charge on any atom is 0.404 e. The Morgan fingerprint density at radius 3 is 2.55 bits per heavy atom. The first-order chi connectivity index (χ1) is 18.5. The summed E-state index contributed by atoms with van der Waals surface area (Å²) in [6, 6.07) is 6.62. The second-order valence-electron chi connectivity index (χ2n) is 10.9. The van der Waals surface area contributed by atoms with Crippen molar-refractivity contribution in [3.8, 4) is 0 Å². The van der Waals surface area contributed by atoms with Crippen molar-refractivity contribution >= 4 is 33.8 Å². The highest BCUT2D eigenvalue weighted by molar-refractivity contribution is 6.04. The molecule has 2 aliphatic carbocycles. The van der Waals surface area contributed by atoms with Gasteiger partial charge in [0.1, 0.15) is 5.65 Å². The van der Waals surface area contributed by atoms with Gasteiger partial charge in [0.25, 0.3) is 5.56 Å². The van der Waals surface area contributed by atoms with E-state index in [1.54, 1.807) is 0 Å². The molecule has 0 saturated heterocycles. The summed E-state index contributed by atoms with van der Waals surface area (Å²) in [6.45, 7) is 3.67. The molecule has 4 N–H and O–H groups in total. The maximum absolute atomic E-state index is 14.1. The number of hydrogen-bond donors (Lipinski definition) is 4. The van der Waals surface area contributed by atoms with Crippen molar-refractivity contribution in [1.29, 1.82) is 0 Å². The fourth-order valence-electron chi connectivity index (χ4n) is 6.11. The smallest absolute Gasteiger partial charge is 0.404 e. The summed E-state index contributed by atoms with van der Waals surface area (Å²) in [5, 5.41) is 21.2. The molecular formula is C29H40N6O3. The van der Waals surface area contributed by atoms with Gasteiger partial charge in [-0.3, -0.25) is 9.36 Å². The number of hydrogen-bond acceptors (Lipinski definition) is 6. The fourth-order valence-corrected chi connectivity index (χ4v) is 6.11. The van der Waals surface area contributed by atoms with Crippen LogP contribution in [0.25, 0.3) is 21.8 Å². The topological polar surface area (TPSA) is 121 Å². The zero-order valence-corrected chi connectivity index (χ0v) is 22.3. The Morgan fingerprint density at radius 1 is 1.03 bits per heavy atom. The first-order valence-electron chi connectivity index (χ1n) is 14.3. The monoisotopic (exact) mass is 520 g/mol. The number of carboxylic acid groups (broad SMARTS) is 1. The van der Waals surface area contributed by atoms with Gasteiger partial charge in [0, 0.05) is 48.2 Å². The van der Waals surface area contributed by atoms with Crippen LogP contribution in [-0.2, 0) is 6.54 Å². The summed E-state index contributed by atoms with van der Waals surface area (Å²) in [5.74, 6) is 0.535. The van der Waals surface area contributed by atoms with Gasteiger partial charge >= 0.3 is 6.09 Å². The van der Waals surface area contributed by atoms with Crippen molar-refractivity contribution in [3.63, 3.8) is 0 Å². The van der Waals surface area contributed by atoms with Crippen molar-refractivity contribution in [2.24, 2.45) is 0 Å². The number of nitrogens with one attached hydrogen (secondary N) is 3. The molecule has 0 radical (unpaired) electrons. The van der Waals surface area contributed by atoms with Gasteiger partial charge in [0.05, 0.1) is 0 Å². The van der Waals surface area contributed by atoms with Crippen LogP contribution in [0.5, 0.6) is 0 Å². The number of rotatable bonds is 9. The summed E-state index contributed by atoms with van der Waals surface area (Å²) in [5.41, 5.74) is 1.73. The maximum atomic E-state index is 14.1. The van der Waals surface area contributed by atoms with Gasteiger partial charge in [-0.2, -0.15) is 4.98 Å². The Morgan fingerprint density at radius 2 is 1.82 bits per heavy atom. The zero-order chi connectivity index (χ0) is 26.5. The molecule has 38 heavy (non-hydrogen) atoms. The molecule has 0 atom stereocenters. The molecule has 1 aromatic carbocycles. The Balaban J connectivity index is 1.51. The van der Waals surface area contributed by atoms with Crippen LogP contribution in [0.15, 0.2) is 29.2 Å². The van der Waals surface area contributed by atoms with Gasteiger partial charge in [0.15, 0.2) is 0 Å². The molecular weight excluding hydrogens is 480 g/mol. The van der Waals surface area contributed by atoms with Gasteiger partial charge in [0.2, 0.25) is 5.95 Å². The number of aromatic nitrogens is 3. The Bertz CT molecular complexity index is 1330. The highest BCUT2D eigenvalue weighted by Crippen LogP contribution is 2.32. The Kier molecular flexibility index (Phi) is 8.42. The van der Waals surface area contributed by atoms with E-state index in [-0.39, 0.29) is 17.6 Å². The van der Waals surface area contributed by atoms with Crippen molar-refractivity contribution < 1.29 is 9.90 Å². The molecule has 0 aliphatic heterocycles. The van der Waals surface area contributed by atoms with E-state index in [1.807, 2.05) is 22.9 Å². The van der Waals surface area contributed by atoms with Crippen molar-refractivity contribution in [2.75, 3.05) is 11.9 Å². The molecule has 2 fully saturated rings. The number of fused-ring (bicyclic) bond motifs is 3. The average molecular weight is 521 g/mol. The minimum absolute atomic E-state index is 0.0279. The lowest BCUT2D eigenvalue weighted by Crippen LogP contribution is -2.38. The lowest BCUT2D eigenvalue weighted by molar-refractivity contribution is 0.182. The first kappa shape index (κ1) is 26.4. The van der Waals surface area contributed by atoms with E-state index in [1.165, 1.54) is 32.1 Å². The third-order valence-electron chi connectivity index (χ3n) is 8.22. The summed E-state index contributed by atoms with van der Waals surface area (Å²) < 4.78 is 1.86. The highest BCUT2D eigenvalue weighted by atomic mass is 16.4. The fraction of sp³-hybridized carbons (Fsp3) is 0.586. The van der Waals surface area contributed by atoms with Crippen LogP contribution in [0.2, 0.25) is 0 Å². The molecule has 0 bridgehead atoms. The van der Waals surface area contributed by atoms with Crippen molar-refractivity contribution in [2.45, 2.75) is 102 Å². The van der Waals surface area contributed by atoms with Crippen molar-refractivity contribution in [3.05, 3.63) is 40.3 Å². The van der Waals surface area contributed by atoms with Gasteiger partial charge < -0.3 is 21.1 Å². The zero-order valence-electron chi connectivity index (χ0n) is 22.3. The molecule has 9 heteroatoms. The molecule has 2 aliphatic rings. The second kappa shape index (κ2) is 12.1. The average Bonchev–Trinajstić information content (AvgIpc) is 2.93. The van der Waals surface area contributed by atoms with Crippen LogP contribution < -0.4 is 21.5 Å². The second-order valence-corrected chi connectivity index (χ2v) is 10.9. The number of carbonyl (C=O) groups is 1. The summed E-state index contributed by atoms with van der Waals surface area (Å²) >= 11 is 0. The van der Waals surface area contributed by atoms with Crippen LogP contribution in [0.1, 0.15) is 89.2 Å². The Hall–Kier alpha value is -3.20. The standard InChI is InChI=1S/C29H40N6O3/c1-2-3-15-30-28-32-18-25-23-14-9-19(17-31-20-7-5-4-6-8-20)16-24(23)27(36)35(26(25)34-28)22-12-10-21(11-13-22)33-29(37)38/h9,14,16,18,20-22,31,33H,2-8,10-13,15,17H2,1H3,(H,37,38)(H,30,32,34). The molecule has 204 valence electrons. The van der Waals surface area contributed by atoms with E-state index in [4.69, 9.17) is 10.1 Å². The van der Waals surface area contributed by atoms with E-state index in [9.17, 15) is 9.59 Å². The number of anilines is 1. The van der Waals surface area contributed by atoms with Crippen molar-refractivity contribution in [1.82, 2.24) is 25.2 Å². The van der Waals surface area contributed by atoms with Crippen LogP contribution in [0.3, 0.4) is 0 Å². The summed E-state index contributed by atoms with van der Waals surface area (Å²) in [7, 11) is 0. The SMILES string of the molecule is CCCCNc1ncc2c3ccc(CNC4CCCCC4)cc3c(=O)n(C3CCC(NC(=O)O)CC3)c2n1. The van der Waals surface area contributed by atoms with Crippen LogP contribution in [0, 0.1) is 0 Å². The third kappa shape index (κ3) is 5.93. The lowest BCUT2D eigenvalue weighted by atomic mass is 9.90. The number of benzene rings is 1. The highest BCUT2D eigenvalue weighted by Gasteiger charge is 2.27. The molecule has 5 rings (SSSR count). The van der Waals surface area contributed by atoms with Crippen LogP contribution in [0.4, 0.5) is 10.7 Å². The van der Waals surface area contributed by atoms with E-state index < -0.39 is 6.09 Å². The molecule has 3 aromatic rings. The molecule has 0 unspecified atom stereocenters. The minimum Gasteiger partial charge on any atom is -0.465 e. The number of nitrogens with zero attached hydrogens (tertiary/aromatic N) is 3. The van der Waals surface area contributed by atoms with E-state index in [0.29, 0.717) is 35.9 Å². The number of unbranched alkanes of at least 4 members (excludes halogenated alkanes) is 1. The predicted molar refractivity (Wildman–Crippen MR) is 151 cm³/mol. The van der Waals surface area contributed by atoms with E-state index >= 15 is 0 Å². The largest absolute Gasteiger partial charge is 0.465 e. The van der Waals surface area contributed by atoms with Gasteiger partial charge in [-0.1, -0.05) is 44.7 Å². The minimum atomic E-state index is -0.994. The normalized spacial score (nSPS) is 20.6. The Labute approximate surface area is 223 Å². The molecule has 2 heterocycles. The van der Waals surface area contributed by atoms with Gasteiger partial charge in [-0.25, -0.2) is 9.78 Å². The first-order valence-corrected chi connectivity index (χ1v) is 14.3.